The lowest BCUT2D eigenvalue weighted by Gasteiger charge is -2.57. The summed E-state index contributed by atoms with van der Waals surface area (Å²) in [6.07, 6.45) is 13.0. The van der Waals surface area contributed by atoms with Gasteiger partial charge in [0.2, 0.25) is 0 Å². The molecule has 4 aliphatic carbocycles. The van der Waals surface area contributed by atoms with Crippen LogP contribution in [0, 0.1) is 23.2 Å². The summed E-state index contributed by atoms with van der Waals surface area (Å²) in [5.41, 5.74) is 2.37. The third-order valence-electron chi connectivity index (χ3n) is 5.72. The largest absolute Gasteiger partial charge is 0.319 e. The minimum absolute atomic E-state index is 0.641. The standard InChI is InChI=1S/C16H27N/c1-12(4-3-5-17-2)16-9-13-6-14(10-16)8-15(7-13)11-16/h4,13-15,17H,3,5-11H2,1-2H3/b12-4+. The number of nitrogens with one attached hydrogen (secondary N) is 1. The van der Waals surface area contributed by atoms with Gasteiger partial charge >= 0.3 is 0 Å². The van der Waals surface area contributed by atoms with Gasteiger partial charge in [0.25, 0.3) is 0 Å². The molecule has 0 amide bonds. The van der Waals surface area contributed by atoms with Crippen molar-refractivity contribution >= 4 is 0 Å². The first-order chi connectivity index (χ1) is 8.22. The topological polar surface area (TPSA) is 12.0 Å². The molecule has 0 radical (unpaired) electrons. The molecule has 17 heavy (non-hydrogen) atoms. The molecule has 0 aromatic heterocycles. The van der Waals surface area contributed by atoms with Crippen molar-refractivity contribution in [1.29, 1.82) is 0 Å². The SMILES string of the molecule is CNCC/C=C(\C)C12CC3CC(CC(C3)C1)C2. The molecule has 0 aliphatic heterocycles. The molecule has 1 N–H and O–H groups in total. The van der Waals surface area contributed by atoms with E-state index in [-0.39, 0.29) is 0 Å². The van der Waals surface area contributed by atoms with Gasteiger partial charge in [0.1, 0.15) is 0 Å². The molecule has 1 heteroatoms. The molecule has 4 bridgehead atoms. The van der Waals surface area contributed by atoms with E-state index in [1.165, 1.54) is 25.7 Å². The normalized spacial score (nSPS) is 44.4. The Morgan fingerprint density at radius 2 is 1.65 bits per heavy atom. The molecular weight excluding hydrogens is 206 g/mol. The quantitative estimate of drug-likeness (QED) is 0.576. The Kier molecular flexibility index (Phi) is 3.06. The highest BCUT2D eigenvalue weighted by atomic mass is 14.8. The van der Waals surface area contributed by atoms with Crippen molar-refractivity contribution in [3.05, 3.63) is 11.6 Å². The van der Waals surface area contributed by atoms with Crippen molar-refractivity contribution in [1.82, 2.24) is 5.32 Å². The summed E-state index contributed by atoms with van der Waals surface area (Å²) in [6.45, 7) is 3.55. The van der Waals surface area contributed by atoms with Gasteiger partial charge in [-0.05, 0) is 88.6 Å². The molecule has 0 heterocycles. The number of hydrogen-bond acceptors (Lipinski definition) is 1. The molecule has 0 aromatic carbocycles. The first kappa shape index (κ1) is 11.8. The van der Waals surface area contributed by atoms with Crippen LogP contribution in [0.4, 0.5) is 0 Å². The Balaban J connectivity index is 1.75. The minimum atomic E-state index is 0.641. The van der Waals surface area contributed by atoms with E-state index in [1.807, 2.05) is 7.05 Å². The molecule has 0 aromatic rings. The highest BCUT2D eigenvalue weighted by Gasteiger charge is 2.51. The molecule has 0 saturated heterocycles. The number of allylic oxidation sites excluding steroid dienone is 1. The van der Waals surface area contributed by atoms with Gasteiger partial charge in [-0.15, -0.1) is 0 Å². The van der Waals surface area contributed by atoms with Crippen LogP contribution in [0.5, 0.6) is 0 Å². The Labute approximate surface area is 106 Å². The van der Waals surface area contributed by atoms with E-state index in [2.05, 4.69) is 18.3 Å². The fraction of sp³-hybridized carbons (Fsp3) is 0.875. The first-order valence-corrected chi connectivity index (χ1v) is 7.54. The molecule has 0 spiro atoms. The van der Waals surface area contributed by atoms with Crippen molar-refractivity contribution < 1.29 is 0 Å². The van der Waals surface area contributed by atoms with E-state index in [0.717, 1.165) is 24.3 Å². The smallest absolute Gasteiger partial charge is 0.00172 e. The zero-order valence-corrected chi connectivity index (χ0v) is 11.5. The summed E-state index contributed by atoms with van der Waals surface area (Å²) < 4.78 is 0. The second-order valence-electron chi connectivity index (χ2n) is 6.98. The molecule has 1 nitrogen and oxygen atoms in total. The van der Waals surface area contributed by atoms with E-state index in [9.17, 15) is 0 Å². The van der Waals surface area contributed by atoms with Crippen LogP contribution in [0.25, 0.3) is 0 Å². The highest BCUT2D eigenvalue weighted by Crippen LogP contribution is 2.62. The fourth-order valence-electron chi connectivity index (χ4n) is 5.24. The second-order valence-corrected chi connectivity index (χ2v) is 6.98. The highest BCUT2D eigenvalue weighted by molar-refractivity contribution is 5.19. The van der Waals surface area contributed by atoms with Crippen LogP contribution in [0.15, 0.2) is 11.6 Å². The van der Waals surface area contributed by atoms with Gasteiger partial charge < -0.3 is 5.32 Å². The summed E-state index contributed by atoms with van der Waals surface area (Å²) >= 11 is 0. The minimum Gasteiger partial charge on any atom is -0.319 e. The summed E-state index contributed by atoms with van der Waals surface area (Å²) in [5.74, 6) is 3.23. The lowest BCUT2D eigenvalue weighted by atomic mass is 9.48. The molecule has 4 rings (SSSR count). The second kappa shape index (κ2) is 4.42. The van der Waals surface area contributed by atoms with Crippen LogP contribution in [0.3, 0.4) is 0 Å². The fourth-order valence-corrected chi connectivity index (χ4v) is 5.24. The van der Waals surface area contributed by atoms with Gasteiger partial charge in [0.15, 0.2) is 0 Å². The monoisotopic (exact) mass is 233 g/mol. The summed E-state index contributed by atoms with van der Waals surface area (Å²) in [4.78, 5) is 0. The van der Waals surface area contributed by atoms with E-state index < -0.39 is 0 Å². The zero-order chi connectivity index (χ0) is 11.9. The molecule has 0 unspecified atom stereocenters. The molecular formula is C16H27N. The third-order valence-corrected chi connectivity index (χ3v) is 5.72. The Morgan fingerprint density at radius 1 is 1.12 bits per heavy atom. The van der Waals surface area contributed by atoms with Gasteiger partial charge in [-0.1, -0.05) is 11.6 Å². The lowest BCUT2D eigenvalue weighted by Crippen LogP contribution is -2.46. The van der Waals surface area contributed by atoms with E-state index >= 15 is 0 Å². The summed E-state index contributed by atoms with van der Waals surface area (Å²) in [6, 6.07) is 0. The first-order valence-electron chi connectivity index (χ1n) is 7.54. The van der Waals surface area contributed by atoms with E-state index in [1.54, 1.807) is 24.8 Å². The van der Waals surface area contributed by atoms with Crippen molar-refractivity contribution in [3.63, 3.8) is 0 Å². The van der Waals surface area contributed by atoms with Gasteiger partial charge in [0, 0.05) is 0 Å². The Hall–Kier alpha value is -0.300. The number of hydrogen-bond donors (Lipinski definition) is 1. The predicted molar refractivity (Wildman–Crippen MR) is 72.9 cm³/mol. The lowest BCUT2D eigenvalue weighted by molar-refractivity contribution is -0.0305. The van der Waals surface area contributed by atoms with Crippen LogP contribution in [-0.4, -0.2) is 13.6 Å². The van der Waals surface area contributed by atoms with Gasteiger partial charge in [-0.2, -0.15) is 0 Å². The van der Waals surface area contributed by atoms with Crippen LogP contribution in [0.2, 0.25) is 0 Å². The average molecular weight is 233 g/mol. The molecule has 4 aliphatic rings. The van der Waals surface area contributed by atoms with Crippen molar-refractivity contribution in [2.75, 3.05) is 13.6 Å². The van der Waals surface area contributed by atoms with Crippen LogP contribution >= 0.6 is 0 Å². The maximum atomic E-state index is 3.25. The van der Waals surface area contributed by atoms with E-state index in [0.29, 0.717) is 5.41 Å². The number of rotatable bonds is 4. The van der Waals surface area contributed by atoms with Gasteiger partial charge in [0.05, 0.1) is 0 Å². The third kappa shape index (κ3) is 2.07. The van der Waals surface area contributed by atoms with Gasteiger partial charge in [-0.3, -0.25) is 0 Å². The average Bonchev–Trinajstić information content (AvgIpc) is 2.27. The maximum Gasteiger partial charge on any atom is -0.00172 e. The van der Waals surface area contributed by atoms with Crippen LogP contribution < -0.4 is 5.32 Å². The molecule has 4 fully saturated rings. The molecule has 0 atom stereocenters. The van der Waals surface area contributed by atoms with Crippen molar-refractivity contribution in [3.8, 4) is 0 Å². The molecule has 4 saturated carbocycles. The Bertz CT molecular complexity index is 280. The molecule has 96 valence electrons. The predicted octanol–water partition coefficient (Wildman–Crippen LogP) is 3.76. The zero-order valence-electron chi connectivity index (χ0n) is 11.5. The van der Waals surface area contributed by atoms with E-state index in [4.69, 9.17) is 0 Å². The summed E-state index contributed by atoms with van der Waals surface area (Å²) in [7, 11) is 2.05. The summed E-state index contributed by atoms with van der Waals surface area (Å²) in [5, 5.41) is 3.25. The van der Waals surface area contributed by atoms with Gasteiger partial charge in [-0.25, -0.2) is 0 Å². The van der Waals surface area contributed by atoms with Crippen molar-refractivity contribution in [2.24, 2.45) is 23.2 Å². The van der Waals surface area contributed by atoms with Crippen molar-refractivity contribution in [2.45, 2.75) is 51.9 Å². The Morgan fingerprint density at radius 3 is 2.12 bits per heavy atom. The van der Waals surface area contributed by atoms with Crippen LogP contribution in [-0.2, 0) is 0 Å². The maximum absolute atomic E-state index is 3.25. The van der Waals surface area contributed by atoms with Crippen LogP contribution in [0.1, 0.15) is 51.9 Å².